The van der Waals surface area contributed by atoms with Gasteiger partial charge in [-0.05, 0) is 25.5 Å². The van der Waals surface area contributed by atoms with E-state index in [-0.39, 0.29) is 18.4 Å². The van der Waals surface area contributed by atoms with Crippen molar-refractivity contribution in [3.05, 3.63) is 29.8 Å². The van der Waals surface area contributed by atoms with E-state index in [0.29, 0.717) is 6.54 Å². The van der Waals surface area contributed by atoms with Crippen molar-refractivity contribution in [1.82, 2.24) is 5.32 Å². The fourth-order valence-corrected chi connectivity index (χ4v) is 2.21. The van der Waals surface area contributed by atoms with E-state index < -0.39 is 0 Å². The largest absolute Gasteiger partial charge is 0.359 e. The van der Waals surface area contributed by atoms with E-state index in [1.807, 2.05) is 36.1 Å². The summed E-state index contributed by atoms with van der Waals surface area (Å²) in [4.78, 5) is 14.0. The lowest BCUT2D eigenvalue weighted by atomic mass is 10.1. The van der Waals surface area contributed by atoms with Crippen LogP contribution in [0.1, 0.15) is 18.4 Å². The second kappa shape index (κ2) is 5.54. The van der Waals surface area contributed by atoms with Gasteiger partial charge in [-0.2, -0.15) is 5.26 Å². The molecule has 1 amide bonds. The molecule has 2 rings (SSSR count). The lowest BCUT2D eigenvalue weighted by Gasteiger charge is -2.29. The van der Waals surface area contributed by atoms with Crippen molar-refractivity contribution >= 4 is 11.6 Å². The number of anilines is 1. The third kappa shape index (κ3) is 2.62. The summed E-state index contributed by atoms with van der Waals surface area (Å²) in [5.41, 5.74) is 2.20. The van der Waals surface area contributed by atoms with Crippen LogP contribution in [0.15, 0.2) is 24.3 Å². The van der Waals surface area contributed by atoms with Crippen LogP contribution in [0, 0.1) is 18.3 Å². The minimum atomic E-state index is -0.375. The summed E-state index contributed by atoms with van der Waals surface area (Å²) >= 11 is 0. The quantitative estimate of drug-likeness (QED) is 0.858. The maximum Gasteiger partial charge on any atom is 0.243 e. The lowest BCUT2D eigenvalue weighted by molar-refractivity contribution is -0.121. The first-order valence-electron chi connectivity index (χ1n) is 6.20. The predicted molar refractivity (Wildman–Crippen MR) is 70.2 cm³/mol. The van der Waals surface area contributed by atoms with Crippen LogP contribution in [0.2, 0.25) is 0 Å². The standard InChI is InChI=1S/C14H17N3O/c1-11-3-5-12(6-4-11)17-10-2-9-16-14(18)13(17)7-8-15/h3-6,13H,2,7,9-10H2,1H3,(H,16,18). The van der Waals surface area contributed by atoms with Crippen LogP contribution < -0.4 is 10.2 Å². The molecule has 1 aromatic carbocycles. The minimum absolute atomic E-state index is 0.0466. The fraction of sp³-hybridized carbons (Fsp3) is 0.429. The first-order chi connectivity index (χ1) is 8.72. The Morgan fingerprint density at radius 3 is 2.83 bits per heavy atom. The van der Waals surface area contributed by atoms with Gasteiger partial charge in [-0.1, -0.05) is 17.7 Å². The Kier molecular flexibility index (Phi) is 3.83. The molecule has 0 aliphatic carbocycles. The van der Waals surface area contributed by atoms with Crippen molar-refractivity contribution < 1.29 is 4.79 Å². The van der Waals surface area contributed by atoms with Crippen LogP contribution in [-0.4, -0.2) is 25.0 Å². The summed E-state index contributed by atoms with van der Waals surface area (Å²) in [5, 5.41) is 11.7. The maximum absolute atomic E-state index is 12.0. The molecule has 94 valence electrons. The molecule has 4 heteroatoms. The number of carbonyl (C=O) groups excluding carboxylic acids is 1. The third-order valence-corrected chi connectivity index (χ3v) is 3.20. The van der Waals surface area contributed by atoms with Crippen molar-refractivity contribution in [2.45, 2.75) is 25.8 Å². The van der Waals surface area contributed by atoms with E-state index in [0.717, 1.165) is 18.7 Å². The highest BCUT2D eigenvalue weighted by molar-refractivity contribution is 5.86. The molecule has 1 aromatic rings. The molecule has 1 heterocycles. The van der Waals surface area contributed by atoms with Crippen LogP contribution in [0.4, 0.5) is 5.69 Å². The van der Waals surface area contributed by atoms with Crippen molar-refractivity contribution in [3.63, 3.8) is 0 Å². The molecule has 0 spiro atoms. The second-order valence-corrected chi connectivity index (χ2v) is 4.55. The van der Waals surface area contributed by atoms with Gasteiger partial charge in [0.1, 0.15) is 6.04 Å². The summed E-state index contributed by atoms with van der Waals surface area (Å²) in [7, 11) is 0. The smallest absolute Gasteiger partial charge is 0.243 e. The molecule has 1 unspecified atom stereocenters. The molecule has 1 N–H and O–H groups in total. The Bertz CT molecular complexity index is 461. The van der Waals surface area contributed by atoms with E-state index in [2.05, 4.69) is 11.4 Å². The van der Waals surface area contributed by atoms with Gasteiger partial charge in [-0.3, -0.25) is 4.79 Å². The van der Waals surface area contributed by atoms with Gasteiger partial charge >= 0.3 is 0 Å². The van der Waals surface area contributed by atoms with Gasteiger partial charge in [0.15, 0.2) is 0 Å². The summed E-state index contributed by atoms with van der Waals surface area (Å²) in [6.45, 7) is 3.52. The molecular formula is C14H17N3O. The topological polar surface area (TPSA) is 56.1 Å². The Morgan fingerprint density at radius 1 is 1.44 bits per heavy atom. The molecule has 1 aliphatic heterocycles. The molecule has 1 aliphatic rings. The van der Waals surface area contributed by atoms with Gasteiger partial charge < -0.3 is 10.2 Å². The Hall–Kier alpha value is -2.02. The van der Waals surface area contributed by atoms with E-state index >= 15 is 0 Å². The first-order valence-corrected chi connectivity index (χ1v) is 6.20. The Morgan fingerprint density at radius 2 is 2.17 bits per heavy atom. The molecule has 0 radical (unpaired) electrons. The average Bonchev–Trinajstić information content (AvgIpc) is 2.54. The molecular weight excluding hydrogens is 226 g/mol. The van der Waals surface area contributed by atoms with E-state index in [9.17, 15) is 4.79 Å². The molecule has 1 atom stereocenters. The monoisotopic (exact) mass is 243 g/mol. The van der Waals surface area contributed by atoms with Gasteiger partial charge in [0.25, 0.3) is 0 Å². The number of nitriles is 1. The Labute approximate surface area is 107 Å². The number of rotatable bonds is 2. The zero-order valence-corrected chi connectivity index (χ0v) is 10.5. The highest BCUT2D eigenvalue weighted by Gasteiger charge is 2.27. The zero-order chi connectivity index (χ0) is 13.0. The fourth-order valence-electron chi connectivity index (χ4n) is 2.21. The first kappa shape index (κ1) is 12.4. The van der Waals surface area contributed by atoms with Gasteiger partial charge in [-0.25, -0.2) is 0 Å². The van der Waals surface area contributed by atoms with E-state index in [4.69, 9.17) is 5.26 Å². The number of carbonyl (C=O) groups is 1. The summed E-state index contributed by atoms with van der Waals surface area (Å²) in [5.74, 6) is -0.0466. The van der Waals surface area contributed by atoms with Gasteiger partial charge in [0, 0.05) is 18.8 Å². The number of aryl methyl sites for hydroxylation is 1. The van der Waals surface area contributed by atoms with Crippen LogP contribution in [0.3, 0.4) is 0 Å². The van der Waals surface area contributed by atoms with E-state index in [1.54, 1.807) is 0 Å². The van der Waals surface area contributed by atoms with Gasteiger partial charge in [0.2, 0.25) is 5.91 Å². The molecule has 0 aromatic heterocycles. The lowest BCUT2D eigenvalue weighted by Crippen LogP contribution is -2.44. The van der Waals surface area contributed by atoms with Gasteiger partial charge in [-0.15, -0.1) is 0 Å². The van der Waals surface area contributed by atoms with Crippen molar-refractivity contribution in [1.29, 1.82) is 5.26 Å². The number of nitrogens with one attached hydrogen (secondary N) is 1. The minimum Gasteiger partial charge on any atom is -0.359 e. The highest BCUT2D eigenvalue weighted by atomic mass is 16.2. The normalized spacial score (nSPS) is 19.9. The molecule has 0 bridgehead atoms. The number of amides is 1. The van der Waals surface area contributed by atoms with Crippen LogP contribution in [-0.2, 0) is 4.79 Å². The van der Waals surface area contributed by atoms with Crippen LogP contribution in [0.5, 0.6) is 0 Å². The zero-order valence-electron chi connectivity index (χ0n) is 10.5. The number of nitrogens with zero attached hydrogens (tertiary/aromatic N) is 2. The van der Waals surface area contributed by atoms with Crippen molar-refractivity contribution in [3.8, 4) is 6.07 Å². The number of benzene rings is 1. The summed E-state index contributed by atoms with van der Waals surface area (Å²) in [6.07, 6.45) is 1.13. The van der Waals surface area contributed by atoms with Crippen molar-refractivity contribution in [2.75, 3.05) is 18.0 Å². The Balaban J connectivity index is 2.29. The van der Waals surface area contributed by atoms with E-state index in [1.165, 1.54) is 5.56 Å². The average molecular weight is 243 g/mol. The highest BCUT2D eigenvalue weighted by Crippen LogP contribution is 2.21. The number of hydrogen-bond donors (Lipinski definition) is 1. The molecule has 4 nitrogen and oxygen atoms in total. The number of hydrogen-bond acceptors (Lipinski definition) is 3. The third-order valence-electron chi connectivity index (χ3n) is 3.20. The molecule has 0 saturated carbocycles. The molecule has 1 saturated heterocycles. The summed E-state index contributed by atoms with van der Waals surface area (Å²) < 4.78 is 0. The van der Waals surface area contributed by atoms with Crippen LogP contribution in [0.25, 0.3) is 0 Å². The molecule has 1 fully saturated rings. The van der Waals surface area contributed by atoms with Gasteiger partial charge in [0.05, 0.1) is 12.5 Å². The van der Waals surface area contributed by atoms with Crippen molar-refractivity contribution in [2.24, 2.45) is 0 Å². The summed E-state index contributed by atoms with van der Waals surface area (Å²) in [6, 6.07) is 9.81. The predicted octanol–water partition coefficient (Wildman–Crippen LogP) is 1.60. The SMILES string of the molecule is Cc1ccc(N2CCCNC(=O)C2CC#N)cc1. The molecule has 18 heavy (non-hydrogen) atoms. The maximum atomic E-state index is 12.0. The van der Waals surface area contributed by atoms with Crippen LogP contribution >= 0.6 is 0 Å². The second-order valence-electron chi connectivity index (χ2n) is 4.55.